The van der Waals surface area contributed by atoms with Crippen LogP contribution in [0.2, 0.25) is 0 Å². The van der Waals surface area contributed by atoms with E-state index in [9.17, 15) is 8.42 Å². The molecule has 2 N–H and O–H groups in total. The molecule has 106 valence electrons. The molecule has 0 spiro atoms. The molecule has 0 radical (unpaired) electrons. The van der Waals surface area contributed by atoms with Gasteiger partial charge in [0.05, 0.1) is 4.90 Å². The summed E-state index contributed by atoms with van der Waals surface area (Å²) in [5.41, 5.74) is 6.55. The van der Waals surface area contributed by atoms with Gasteiger partial charge in [-0.25, -0.2) is 8.42 Å². The van der Waals surface area contributed by atoms with Crippen LogP contribution < -0.4 is 5.73 Å². The summed E-state index contributed by atoms with van der Waals surface area (Å²) in [5, 5.41) is 0. The van der Waals surface area contributed by atoms with Crippen LogP contribution in [0.3, 0.4) is 0 Å². The highest BCUT2D eigenvalue weighted by Crippen LogP contribution is 2.18. The molecule has 2 rings (SSSR count). The minimum Gasteiger partial charge on any atom is -0.330 e. The molecule has 1 saturated heterocycles. The number of benzene rings is 1. The van der Waals surface area contributed by atoms with E-state index in [4.69, 9.17) is 5.73 Å². The van der Waals surface area contributed by atoms with Gasteiger partial charge in [0.1, 0.15) is 0 Å². The average molecular weight is 283 g/mol. The number of piperazine rings is 1. The number of rotatable bonds is 4. The van der Waals surface area contributed by atoms with Crippen molar-refractivity contribution >= 4 is 10.0 Å². The first-order valence-electron chi connectivity index (χ1n) is 6.52. The fraction of sp³-hybridized carbons (Fsp3) is 0.538. The maximum absolute atomic E-state index is 12.4. The van der Waals surface area contributed by atoms with Crippen molar-refractivity contribution in [1.29, 1.82) is 0 Å². The first-order valence-corrected chi connectivity index (χ1v) is 7.96. The van der Waals surface area contributed by atoms with Gasteiger partial charge in [-0.15, -0.1) is 0 Å². The number of nitrogens with two attached hydrogens (primary N) is 1. The summed E-state index contributed by atoms with van der Waals surface area (Å²) in [6.07, 6.45) is 0.773. The van der Waals surface area contributed by atoms with Crippen molar-refractivity contribution in [3.63, 3.8) is 0 Å². The fourth-order valence-corrected chi connectivity index (χ4v) is 3.59. The van der Waals surface area contributed by atoms with Crippen molar-refractivity contribution in [2.45, 2.75) is 11.3 Å². The van der Waals surface area contributed by atoms with Gasteiger partial charge in [-0.3, -0.25) is 0 Å². The number of likely N-dealkylation sites (N-methyl/N-ethyl adjacent to an activating group) is 1. The molecule has 1 aliphatic rings. The Balaban J connectivity index is 2.15. The van der Waals surface area contributed by atoms with Gasteiger partial charge in [0.2, 0.25) is 10.0 Å². The first kappa shape index (κ1) is 14.5. The second kappa shape index (κ2) is 6.00. The maximum Gasteiger partial charge on any atom is 0.243 e. The number of sulfonamides is 1. The van der Waals surface area contributed by atoms with Gasteiger partial charge in [-0.2, -0.15) is 4.31 Å². The molecular weight excluding hydrogens is 262 g/mol. The molecule has 0 amide bonds. The lowest BCUT2D eigenvalue weighted by Gasteiger charge is -2.31. The third-order valence-electron chi connectivity index (χ3n) is 3.46. The van der Waals surface area contributed by atoms with Crippen LogP contribution in [0.4, 0.5) is 0 Å². The second-order valence-electron chi connectivity index (χ2n) is 4.89. The molecule has 19 heavy (non-hydrogen) atoms. The molecule has 0 saturated carbocycles. The molecule has 1 fully saturated rings. The molecule has 1 heterocycles. The van der Waals surface area contributed by atoms with E-state index in [2.05, 4.69) is 4.90 Å². The van der Waals surface area contributed by atoms with Gasteiger partial charge in [0.25, 0.3) is 0 Å². The monoisotopic (exact) mass is 283 g/mol. The fourth-order valence-electron chi connectivity index (χ4n) is 2.17. The summed E-state index contributed by atoms with van der Waals surface area (Å²) in [6.45, 7) is 3.26. The van der Waals surface area contributed by atoms with E-state index in [-0.39, 0.29) is 0 Å². The van der Waals surface area contributed by atoms with Crippen LogP contribution in [-0.2, 0) is 16.4 Å². The average Bonchev–Trinajstić information content (AvgIpc) is 2.40. The summed E-state index contributed by atoms with van der Waals surface area (Å²) < 4.78 is 26.5. The number of nitrogens with zero attached hydrogens (tertiary/aromatic N) is 2. The minimum absolute atomic E-state index is 0.373. The molecule has 1 aromatic carbocycles. The van der Waals surface area contributed by atoms with Crippen molar-refractivity contribution in [1.82, 2.24) is 9.21 Å². The summed E-state index contributed by atoms with van der Waals surface area (Å²) in [6, 6.07) is 7.04. The molecule has 1 aromatic rings. The van der Waals surface area contributed by atoms with Crippen molar-refractivity contribution in [2.24, 2.45) is 5.73 Å². The molecule has 0 atom stereocenters. The summed E-state index contributed by atoms with van der Waals surface area (Å²) in [7, 11) is -1.34. The Hall–Kier alpha value is -0.950. The Bertz CT molecular complexity index is 505. The Morgan fingerprint density at radius 3 is 2.21 bits per heavy atom. The van der Waals surface area contributed by atoms with Crippen molar-refractivity contribution < 1.29 is 8.42 Å². The Morgan fingerprint density at radius 2 is 1.68 bits per heavy atom. The van der Waals surface area contributed by atoms with Crippen LogP contribution in [0.5, 0.6) is 0 Å². The molecule has 0 unspecified atom stereocenters. The van der Waals surface area contributed by atoms with Crippen LogP contribution in [0, 0.1) is 0 Å². The van der Waals surface area contributed by atoms with E-state index in [1.807, 2.05) is 19.2 Å². The van der Waals surface area contributed by atoms with Crippen LogP contribution in [-0.4, -0.2) is 57.4 Å². The van der Waals surface area contributed by atoms with Gasteiger partial charge in [-0.05, 0) is 37.7 Å². The predicted molar refractivity (Wildman–Crippen MR) is 75.5 cm³/mol. The van der Waals surface area contributed by atoms with E-state index in [1.165, 1.54) is 0 Å². The van der Waals surface area contributed by atoms with Gasteiger partial charge >= 0.3 is 0 Å². The predicted octanol–water partition coefficient (Wildman–Crippen LogP) is 0.124. The SMILES string of the molecule is CN1CCN(S(=O)(=O)c2ccc(CCN)cc2)CC1. The Labute approximate surface area is 115 Å². The number of hydrogen-bond donors (Lipinski definition) is 1. The molecule has 1 aliphatic heterocycles. The van der Waals surface area contributed by atoms with Crippen LogP contribution in [0.1, 0.15) is 5.56 Å². The van der Waals surface area contributed by atoms with E-state index < -0.39 is 10.0 Å². The summed E-state index contributed by atoms with van der Waals surface area (Å²) in [5.74, 6) is 0. The lowest BCUT2D eigenvalue weighted by Crippen LogP contribution is -2.46. The van der Waals surface area contributed by atoms with E-state index in [0.29, 0.717) is 24.5 Å². The van der Waals surface area contributed by atoms with Crippen LogP contribution in [0.25, 0.3) is 0 Å². The summed E-state index contributed by atoms with van der Waals surface area (Å²) >= 11 is 0. The molecule has 0 aliphatic carbocycles. The van der Waals surface area contributed by atoms with Gasteiger partial charge in [0.15, 0.2) is 0 Å². The first-order chi connectivity index (χ1) is 9.04. The van der Waals surface area contributed by atoms with Crippen LogP contribution >= 0.6 is 0 Å². The second-order valence-corrected chi connectivity index (χ2v) is 6.83. The zero-order valence-corrected chi connectivity index (χ0v) is 12.1. The highest BCUT2D eigenvalue weighted by atomic mass is 32.2. The molecule has 0 bridgehead atoms. The lowest BCUT2D eigenvalue weighted by molar-refractivity contribution is 0.222. The zero-order chi connectivity index (χ0) is 13.9. The highest BCUT2D eigenvalue weighted by Gasteiger charge is 2.27. The molecule has 5 nitrogen and oxygen atoms in total. The smallest absolute Gasteiger partial charge is 0.243 e. The lowest BCUT2D eigenvalue weighted by atomic mass is 10.2. The van der Waals surface area contributed by atoms with Crippen molar-refractivity contribution in [3.8, 4) is 0 Å². The van der Waals surface area contributed by atoms with E-state index in [0.717, 1.165) is 25.1 Å². The van der Waals surface area contributed by atoms with Crippen molar-refractivity contribution in [3.05, 3.63) is 29.8 Å². The standard InChI is InChI=1S/C13H21N3O2S/c1-15-8-10-16(11-9-15)19(17,18)13-4-2-12(3-5-13)6-7-14/h2-5H,6-11,14H2,1H3. The Morgan fingerprint density at radius 1 is 1.11 bits per heavy atom. The third-order valence-corrected chi connectivity index (χ3v) is 5.37. The van der Waals surface area contributed by atoms with E-state index in [1.54, 1.807) is 16.4 Å². The minimum atomic E-state index is -3.34. The maximum atomic E-state index is 12.4. The Kier molecular flexibility index (Phi) is 4.57. The highest BCUT2D eigenvalue weighted by molar-refractivity contribution is 7.89. The van der Waals surface area contributed by atoms with E-state index >= 15 is 0 Å². The normalized spacial score (nSPS) is 18.6. The molecule has 6 heteroatoms. The molecule has 0 aromatic heterocycles. The van der Waals surface area contributed by atoms with Gasteiger partial charge in [0, 0.05) is 26.2 Å². The van der Waals surface area contributed by atoms with Gasteiger partial charge < -0.3 is 10.6 Å². The third kappa shape index (κ3) is 3.33. The molecular formula is C13H21N3O2S. The zero-order valence-electron chi connectivity index (χ0n) is 11.2. The summed E-state index contributed by atoms with van der Waals surface area (Å²) in [4.78, 5) is 2.51. The topological polar surface area (TPSA) is 66.6 Å². The van der Waals surface area contributed by atoms with Crippen LogP contribution in [0.15, 0.2) is 29.2 Å². The largest absolute Gasteiger partial charge is 0.330 e. The quantitative estimate of drug-likeness (QED) is 0.852. The van der Waals surface area contributed by atoms with Crippen molar-refractivity contribution in [2.75, 3.05) is 39.8 Å². The number of hydrogen-bond acceptors (Lipinski definition) is 4. The van der Waals surface area contributed by atoms with Gasteiger partial charge in [-0.1, -0.05) is 12.1 Å².